The molecule has 0 heterocycles. The Hall–Kier alpha value is -1.28. The molecular formula is C10H13N2O4S-. The number of nitrogens with two attached hydrogens (primary N) is 1. The van der Waals surface area contributed by atoms with E-state index in [1.807, 2.05) is 35.1 Å². The summed E-state index contributed by atoms with van der Waals surface area (Å²) in [6.45, 7) is -0.405. The summed E-state index contributed by atoms with van der Waals surface area (Å²) >= 11 is -2.45. The molecule has 7 heteroatoms. The second-order valence-corrected chi connectivity index (χ2v) is 4.04. The SMILES string of the molecule is N[C@@H](Cc1ccccc1)C(=O)OCNS(=O)[O-]. The van der Waals surface area contributed by atoms with Gasteiger partial charge in [0.05, 0.1) is 0 Å². The van der Waals surface area contributed by atoms with E-state index in [1.165, 1.54) is 0 Å². The van der Waals surface area contributed by atoms with Gasteiger partial charge in [-0.05, 0) is 12.0 Å². The van der Waals surface area contributed by atoms with Gasteiger partial charge in [-0.25, -0.2) is 4.72 Å². The number of carbonyl (C=O) groups excluding carboxylic acids is 1. The van der Waals surface area contributed by atoms with Gasteiger partial charge >= 0.3 is 5.97 Å². The fraction of sp³-hybridized carbons (Fsp3) is 0.300. The Morgan fingerprint density at radius 1 is 1.47 bits per heavy atom. The normalized spacial score (nSPS) is 14.0. The molecule has 0 radical (unpaired) electrons. The Kier molecular flexibility index (Phi) is 5.78. The van der Waals surface area contributed by atoms with E-state index in [2.05, 4.69) is 4.74 Å². The van der Waals surface area contributed by atoms with E-state index in [1.54, 1.807) is 0 Å². The molecular weight excluding hydrogens is 244 g/mol. The van der Waals surface area contributed by atoms with Crippen molar-refractivity contribution in [3.63, 3.8) is 0 Å². The molecule has 0 bridgehead atoms. The first kappa shape index (κ1) is 13.8. The molecule has 1 aromatic rings. The lowest BCUT2D eigenvalue weighted by atomic mass is 10.1. The Bertz CT molecular complexity index is 385. The lowest BCUT2D eigenvalue weighted by Crippen LogP contribution is -2.36. The molecule has 0 aromatic heterocycles. The average molecular weight is 257 g/mol. The molecule has 0 aliphatic rings. The van der Waals surface area contributed by atoms with E-state index < -0.39 is 30.0 Å². The number of rotatable bonds is 6. The van der Waals surface area contributed by atoms with Crippen molar-refractivity contribution in [2.75, 3.05) is 6.73 Å². The third-order valence-electron chi connectivity index (χ3n) is 1.99. The monoisotopic (exact) mass is 257 g/mol. The topological polar surface area (TPSA) is 104 Å². The number of ether oxygens (including phenoxy) is 1. The van der Waals surface area contributed by atoms with Crippen LogP contribution in [0, 0.1) is 0 Å². The van der Waals surface area contributed by atoms with E-state index in [4.69, 9.17) is 5.73 Å². The first-order valence-corrected chi connectivity index (χ1v) is 5.96. The first-order valence-electron chi connectivity index (χ1n) is 4.88. The molecule has 1 unspecified atom stereocenters. The molecule has 1 aromatic carbocycles. The molecule has 17 heavy (non-hydrogen) atoms. The molecule has 0 fully saturated rings. The number of benzene rings is 1. The largest absolute Gasteiger partial charge is 0.760 e. The smallest absolute Gasteiger partial charge is 0.324 e. The van der Waals surface area contributed by atoms with Crippen LogP contribution in [0.3, 0.4) is 0 Å². The molecule has 6 nitrogen and oxygen atoms in total. The molecule has 0 spiro atoms. The minimum Gasteiger partial charge on any atom is -0.760 e. The van der Waals surface area contributed by atoms with Crippen LogP contribution in [0.4, 0.5) is 0 Å². The van der Waals surface area contributed by atoms with Gasteiger partial charge in [0.15, 0.2) is 6.73 Å². The third kappa shape index (κ3) is 5.55. The van der Waals surface area contributed by atoms with Gasteiger partial charge in [0.2, 0.25) is 0 Å². The van der Waals surface area contributed by atoms with E-state index >= 15 is 0 Å². The van der Waals surface area contributed by atoms with Gasteiger partial charge in [-0.3, -0.25) is 9.00 Å². The number of hydrogen-bond acceptors (Lipinski definition) is 5. The van der Waals surface area contributed by atoms with Crippen LogP contribution in [0.5, 0.6) is 0 Å². The van der Waals surface area contributed by atoms with Crippen LogP contribution < -0.4 is 10.5 Å². The highest BCUT2D eigenvalue weighted by Crippen LogP contribution is 2.02. The van der Waals surface area contributed by atoms with Crippen molar-refractivity contribution in [1.29, 1.82) is 0 Å². The van der Waals surface area contributed by atoms with Gasteiger partial charge in [0.1, 0.15) is 6.04 Å². The first-order chi connectivity index (χ1) is 8.09. The van der Waals surface area contributed by atoms with Crippen LogP contribution >= 0.6 is 0 Å². The number of carbonyl (C=O) groups is 1. The van der Waals surface area contributed by atoms with Crippen molar-refractivity contribution in [2.24, 2.45) is 5.73 Å². The van der Waals surface area contributed by atoms with Gasteiger partial charge < -0.3 is 15.0 Å². The molecule has 1 rings (SSSR count). The van der Waals surface area contributed by atoms with Crippen molar-refractivity contribution in [2.45, 2.75) is 12.5 Å². The fourth-order valence-corrected chi connectivity index (χ4v) is 1.36. The zero-order valence-corrected chi connectivity index (χ0v) is 9.81. The van der Waals surface area contributed by atoms with Gasteiger partial charge in [-0.2, -0.15) is 0 Å². The van der Waals surface area contributed by atoms with Crippen molar-refractivity contribution in [3.8, 4) is 0 Å². The van der Waals surface area contributed by atoms with Crippen LogP contribution in [0.1, 0.15) is 5.56 Å². The van der Waals surface area contributed by atoms with Crippen LogP contribution in [-0.4, -0.2) is 27.5 Å². The van der Waals surface area contributed by atoms with Gasteiger partial charge in [0.25, 0.3) is 0 Å². The van der Waals surface area contributed by atoms with Crippen molar-refractivity contribution in [1.82, 2.24) is 4.72 Å². The van der Waals surface area contributed by atoms with Gasteiger partial charge in [-0.15, -0.1) is 0 Å². The summed E-state index contributed by atoms with van der Waals surface area (Å²) in [5.74, 6) is -0.646. The minimum atomic E-state index is -2.45. The highest BCUT2D eigenvalue weighted by molar-refractivity contribution is 7.77. The van der Waals surface area contributed by atoms with Crippen molar-refractivity contribution >= 4 is 17.2 Å². The summed E-state index contributed by atoms with van der Waals surface area (Å²) in [4.78, 5) is 11.3. The number of nitrogens with one attached hydrogen (secondary N) is 1. The Morgan fingerprint density at radius 3 is 2.71 bits per heavy atom. The van der Waals surface area contributed by atoms with Crippen LogP contribution in [0.2, 0.25) is 0 Å². The number of esters is 1. The Morgan fingerprint density at radius 2 is 2.12 bits per heavy atom. The third-order valence-corrected chi connectivity index (χ3v) is 2.35. The maximum Gasteiger partial charge on any atom is 0.324 e. The summed E-state index contributed by atoms with van der Waals surface area (Å²) < 4.78 is 26.7. The zero-order chi connectivity index (χ0) is 12.7. The Balaban J connectivity index is 2.34. The maximum atomic E-state index is 11.3. The van der Waals surface area contributed by atoms with Crippen molar-refractivity contribution in [3.05, 3.63) is 35.9 Å². The fourth-order valence-electron chi connectivity index (χ4n) is 1.21. The quantitative estimate of drug-likeness (QED) is 0.404. The minimum absolute atomic E-state index is 0.347. The molecule has 2 atom stereocenters. The van der Waals surface area contributed by atoms with Gasteiger partial charge in [0, 0.05) is 11.3 Å². The summed E-state index contributed by atoms with van der Waals surface area (Å²) in [7, 11) is 0. The molecule has 0 aliphatic heterocycles. The maximum absolute atomic E-state index is 11.3. The average Bonchev–Trinajstić information content (AvgIpc) is 2.29. The molecule has 3 N–H and O–H groups in total. The van der Waals surface area contributed by atoms with E-state index in [0.717, 1.165) is 5.56 Å². The summed E-state index contributed by atoms with van der Waals surface area (Å²) in [6, 6.07) is 8.43. The molecule has 0 aliphatic carbocycles. The summed E-state index contributed by atoms with van der Waals surface area (Å²) in [6.07, 6.45) is 0.347. The molecule has 0 saturated heterocycles. The van der Waals surface area contributed by atoms with Crippen LogP contribution in [-0.2, 0) is 27.2 Å². The van der Waals surface area contributed by atoms with Crippen LogP contribution in [0.25, 0.3) is 0 Å². The second kappa shape index (κ2) is 7.13. The van der Waals surface area contributed by atoms with E-state index in [-0.39, 0.29) is 0 Å². The second-order valence-electron chi connectivity index (χ2n) is 3.28. The lowest BCUT2D eigenvalue weighted by molar-refractivity contribution is -0.145. The predicted molar refractivity (Wildman–Crippen MR) is 61.1 cm³/mol. The molecule has 0 amide bonds. The van der Waals surface area contributed by atoms with E-state index in [9.17, 15) is 13.6 Å². The van der Waals surface area contributed by atoms with Gasteiger partial charge in [-0.1, -0.05) is 30.3 Å². The summed E-state index contributed by atoms with van der Waals surface area (Å²) in [5.41, 5.74) is 6.52. The predicted octanol–water partition coefficient (Wildman–Crippen LogP) is -0.559. The van der Waals surface area contributed by atoms with E-state index in [0.29, 0.717) is 6.42 Å². The number of hydrogen-bond donors (Lipinski definition) is 2. The Labute approximate surface area is 102 Å². The van der Waals surface area contributed by atoms with Crippen molar-refractivity contribution < 1.29 is 18.3 Å². The molecule has 0 saturated carbocycles. The van der Waals surface area contributed by atoms with Crippen LogP contribution in [0.15, 0.2) is 30.3 Å². The highest BCUT2D eigenvalue weighted by Gasteiger charge is 2.15. The lowest BCUT2D eigenvalue weighted by Gasteiger charge is -2.12. The molecule has 94 valence electrons. The highest BCUT2D eigenvalue weighted by atomic mass is 32.2. The summed E-state index contributed by atoms with van der Waals surface area (Å²) in [5, 5.41) is 0. The zero-order valence-electron chi connectivity index (χ0n) is 9.00. The standard InChI is InChI=1S/C10H14N2O4S/c11-9(6-8-4-2-1-3-5-8)10(13)16-7-12-17(14)15/h1-5,9,12H,6-7,11H2,(H,14,15)/p-1/t9-/m0/s1.